The second kappa shape index (κ2) is 10.9. The molecule has 8 heteroatoms. The second-order valence-electron chi connectivity index (χ2n) is 7.44. The molecule has 1 rings (SSSR count). The van der Waals surface area contributed by atoms with Crippen molar-refractivity contribution in [1.82, 2.24) is 15.5 Å². The van der Waals surface area contributed by atoms with E-state index in [2.05, 4.69) is 25.3 Å². The van der Waals surface area contributed by atoms with E-state index in [1.165, 1.54) is 7.11 Å². The van der Waals surface area contributed by atoms with Gasteiger partial charge in [0.1, 0.15) is 5.60 Å². The maximum Gasteiger partial charge on any atom is 0.407 e. The van der Waals surface area contributed by atoms with Gasteiger partial charge in [0.25, 0.3) is 0 Å². The fourth-order valence-corrected chi connectivity index (χ4v) is 2.75. The average Bonchev–Trinajstić information content (AvgIpc) is 3.00. The highest BCUT2D eigenvalue weighted by atomic mass is 16.6. The number of unbranched alkanes of at least 4 members (excludes halogenated alkanes) is 2. The number of nitrogens with one attached hydrogen (secondary N) is 2. The zero-order valence-electron chi connectivity index (χ0n) is 16.8. The number of methoxy groups -OCH3 is 1. The molecule has 0 aromatic carbocycles. The molecule has 1 atom stereocenters. The number of hydrogen-bond donors (Lipinski definition) is 2. The highest BCUT2D eigenvalue weighted by Gasteiger charge is 2.27. The van der Waals surface area contributed by atoms with Gasteiger partial charge < -0.3 is 25.0 Å². The summed E-state index contributed by atoms with van der Waals surface area (Å²) in [5, 5.41) is 6.26. The number of amides is 1. The predicted octanol–water partition coefficient (Wildman–Crippen LogP) is 1.89. The minimum atomic E-state index is -0.492. The van der Waals surface area contributed by atoms with Crippen molar-refractivity contribution in [2.75, 3.05) is 33.8 Å². The summed E-state index contributed by atoms with van der Waals surface area (Å²) >= 11 is 0. The Balaban J connectivity index is 2.26. The van der Waals surface area contributed by atoms with Gasteiger partial charge in [0.15, 0.2) is 5.96 Å². The zero-order valence-corrected chi connectivity index (χ0v) is 16.8. The SMILES string of the molecule is CN=C(NCCCCCC(=O)OC)N1CCC(NC(=O)OC(C)(C)C)C1. The van der Waals surface area contributed by atoms with Crippen LogP contribution in [0.25, 0.3) is 0 Å². The number of hydrogen-bond acceptors (Lipinski definition) is 5. The van der Waals surface area contributed by atoms with Crippen molar-refractivity contribution in [3.8, 4) is 0 Å². The molecule has 1 fully saturated rings. The molecule has 0 bridgehead atoms. The van der Waals surface area contributed by atoms with Gasteiger partial charge in [-0.25, -0.2) is 4.79 Å². The fraction of sp³-hybridized carbons (Fsp3) is 0.833. The van der Waals surface area contributed by atoms with Crippen LogP contribution in [0.5, 0.6) is 0 Å². The standard InChI is InChI=1S/C18H34N4O4/c1-18(2,3)26-17(24)21-14-10-12-22(13-14)16(19-4)20-11-8-6-7-9-15(23)25-5/h14H,6-13H2,1-5H3,(H,19,20)(H,21,24). The molecule has 1 unspecified atom stereocenters. The Morgan fingerprint density at radius 2 is 1.96 bits per heavy atom. The largest absolute Gasteiger partial charge is 0.469 e. The van der Waals surface area contributed by atoms with E-state index in [1.807, 2.05) is 20.8 Å². The summed E-state index contributed by atoms with van der Waals surface area (Å²) in [7, 11) is 3.17. The lowest BCUT2D eigenvalue weighted by atomic mass is 10.2. The normalized spacial score (nSPS) is 17.8. The molecule has 0 aromatic rings. The smallest absolute Gasteiger partial charge is 0.407 e. The lowest BCUT2D eigenvalue weighted by Gasteiger charge is -2.23. The molecule has 0 saturated carbocycles. The van der Waals surface area contributed by atoms with E-state index >= 15 is 0 Å². The number of alkyl carbamates (subject to hydrolysis) is 1. The lowest BCUT2D eigenvalue weighted by molar-refractivity contribution is -0.140. The Morgan fingerprint density at radius 3 is 2.58 bits per heavy atom. The van der Waals surface area contributed by atoms with Gasteiger partial charge in [-0.3, -0.25) is 9.79 Å². The molecule has 0 spiro atoms. The number of carbonyl (C=O) groups excluding carboxylic acids is 2. The molecule has 0 aromatic heterocycles. The van der Waals surface area contributed by atoms with Crippen molar-refractivity contribution in [3.05, 3.63) is 0 Å². The summed E-state index contributed by atoms with van der Waals surface area (Å²) in [6, 6.07) is 0.0588. The summed E-state index contributed by atoms with van der Waals surface area (Å²) in [6.07, 6.45) is 3.70. The number of carbonyl (C=O) groups is 2. The lowest BCUT2D eigenvalue weighted by Crippen LogP contribution is -2.44. The van der Waals surface area contributed by atoms with Crippen LogP contribution in [0.4, 0.5) is 4.79 Å². The number of esters is 1. The van der Waals surface area contributed by atoms with E-state index in [0.717, 1.165) is 44.7 Å². The van der Waals surface area contributed by atoms with Crippen molar-refractivity contribution in [2.45, 2.75) is 64.5 Å². The second-order valence-corrected chi connectivity index (χ2v) is 7.44. The van der Waals surface area contributed by atoms with Crippen molar-refractivity contribution >= 4 is 18.0 Å². The third-order valence-electron chi connectivity index (χ3n) is 3.99. The Morgan fingerprint density at radius 1 is 1.23 bits per heavy atom. The van der Waals surface area contributed by atoms with E-state index < -0.39 is 5.60 Å². The average molecular weight is 370 g/mol. The van der Waals surface area contributed by atoms with E-state index in [1.54, 1.807) is 7.05 Å². The van der Waals surface area contributed by atoms with Gasteiger partial charge in [0.2, 0.25) is 0 Å². The molecule has 8 nitrogen and oxygen atoms in total. The number of nitrogens with zero attached hydrogens (tertiary/aromatic N) is 2. The highest BCUT2D eigenvalue weighted by molar-refractivity contribution is 5.80. The molecule has 1 heterocycles. The summed E-state index contributed by atoms with van der Waals surface area (Å²) in [6.45, 7) is 7.90. The van der Waals surface area contributed by atoms with Gasteiger partial charge >= 0.3 is 12.1 Å². The predicted molar refractivity (Wildman–Crippen MR) is 101 cm³/mol. The summed E-state index contributed by atoms with van der Waals surface area (Å²) in [5.41, 5.74) is -0.492. The van der Waals surface area contributed by atoms with Crippen LogP contribution in [-0.2, 0) is 14.3 Å². The van der Waals surface area contributed by atoms with Gasteiger partial charge in [-0.05, 0) is 40.0 Å². The molecule has 1 saturated heterocycles. The van der Waals surface area contributed by atoms with E-state index in [4.69, 9.17) is 4.74 Å². The first-order valence-corrected chi connectivity index (χ1v) is 9.27. The highest BCUT2D eigenvalue weighted by Crippen LogP contribution is 2.12. The maximum absolute atomic E-state index is 11.9. The zero-order chi connectivity index (χ0) is 19.6. The van der Waals surface area contributed by atoms with E-state index in [0.29, 0.717) is 13.0 Å². The van der Waals surface area contributed by atoms with Gasteiger partial charge in [-0.15, -0.1) is 0 Å². The Kier molecular flexibility index (Phi) is 9.23. The monoisotopic (exact) mass is 370 g/mol. The van der Waals surface area contributed by atoms with Crippen molar-refractivity contribution < 1.29 is 19.1 Å². The summed E-state index contributed by atoms with van der Waals surface area (Å²) in [4.78, 5) is 29.4. The quantitative estimate of drug-likeness (QED) is 0.308. The Bertz CT molecular complexity index is 488. The van der Waals surface area contributed by atoms with Crippen molar-refractivity contribution in [3.63, 3.8) is 0 Å². The maximum atomic E-state index is 11.9. The van der Waals surface area contributed by atoms with Gasteiger partial charge in [-0.1, -0.05) is 6.42 Å². The first kappa shape index (κ1) is 22.1. The third kappa shape index (κ3) is 8.92. The topological polar surface area (TPSA) is 92.3 Å². The van der Waals surface area contributed by atoms with Crippen molar-refractivity contribution in [2.24, 2.45) is 4.99 Å². The minimum absolute atomic E-state index is 0.0588. The molecule has 0 radical (unpaired) electrons. The molecule has 1 amide bonds. The Hall–Kier alpha value is -1.99. The fourth-order valence-electron chi connectivity index (χ4n) is 2.75. The number of guanidine groups is 1. The van der Waals surface area contributed by atoms with Gasteiger partial charge in [0.05, 0.1) is 13.2 Å². The van der Waals surface area contributed by atoms with Crippen molar-refractivity contribution in [1.29, 1.82) is 0 Å². The molecule has 1 aliphatic heterocycles. The molecular weight excluding hydrogens is 336 g/mol. The van der Waals surface area contributed by atoms with Crippen LogP contribution >= 0.6 is 0 Å². The summed E-state index contributed by atoms with van der Waals surface area (Å²) < 4.78 is 9.93. The van der Waals surface area contributed by atoms with Crippen LogP contribution in [0.1, 0.15) is 52.9 Å². The first-order chi connectivity index (χ1) is 12.2. The van der Waals surface area contributed by atoms with Crippen LogP contribution in [0.3, 0.4) is 0 Å². The summed E-state index contributed by atoms with van der Waals surface area (Å²) in [5.74, 6) is 0.681. The van der Waals surface area contributed by atoms with Crippen LogP contribution in [-0.4, -0.2) is 68.4 Å². The van der Waals surface area contributed by atoms with Crippen LogP contribution in [0.15, 0.2) is 4.99 Å². The minimum Gasteiger partial charge on any atom is -0.469 e. The molecule has 1 aliphatic rings. The van der Waals surface area contributed by atoms with Crippen LogP contribution < -0.4 is 10.6 Å². The number of rotatable bonds is 7. The number of likely N-dealkylation sites (tertiary alicyclic amines) is 1. The molecule has 2 N–H and O–H groups in total. The third-order valence-corrected chi connectivity index (χ3v) is 3.99. The van der Waals surface area contributed by atoms with Crippen LogP contribution in [0, 0.1) is 0 Å². The van der Waals surface area contributed by atoms with E-state index in [9.17, 15) is 9.59 Å². The Labute approximate surface area is 156 Å². The molecule has 0 aliphatic carbocycles. The molecular formula is C18H34N4O4. The first-order valence-electron chi connectivity index (χ1n) is 9.27. The number of aliphatic imine (C=N–C) groups is 1. The number of ether oxygens (including phenoxy) is 2. The molecule has 26 heavy (non-hydrogen) atoms. The molecule has 150 valence electrons. The van der Waals surface area contributed by atoms with Gasteiger partial charge in [0, 0.05) is 33.1 Å². The van der Waals surface area contributed by atoms with Crippen LogP contribution in [0.2, 0.25) is 0 Å². The van der Waals surface area contributed by atoms with Gasteiger partial charge in [-0.2, -0.15) is 0 Å². The van der Waals surface area contributed by atoms with E-state index in [-0.39, 0.29) is 18.1 Å².